The van der Waals surface area contributed by atoms with Crippen LogP contribution in [-0.4, -0.2) is 11.1 Å². The van der Waals surface area contributed by atoms with E-state index in [1.165, 1.54) is 0 Å². The van der Waals surface area contributed by atoms with Gasteiger partial charge in [0.25, 0.3) is 0 Å². The van der Waals surface area contributed by atoms with Crippen molar-refractivity contribution < 1.29 is 23.1 Å². The number of aliphatic carboxylic acids is 1. The Morgan fingerprint density at radius 2 is 2.11 bits per heavy atom. The molecule has 7 heteroatoms. The molecule has 0 heterocycles. The van der Waals surface area contributed by atoms with Crippen molar-refractivity contribution in [2.24, 2.45) is 0 Å². The molecule has 0 atom stereocenters. The van der Waals surface area contributed by atoms with E-state index in [1.54, 1.807) is 6.07 Å². The van der Waals surface area contributed by atoms with E-state index in [9.17, 15) is 18.0 Å². The Labute approximate surface area is 100.0 Å². The molecular weight excluding hydrogens is 249 g/mol. The van der Waals surface area contributed by atoms with Crippen LogP contribution in [-0.2, 0) is 11.0 Å². The quantitative estimate of drug-likeness (QED) is 0.815. The minimum Gasteiger partial charge on any atom is -0.478 e. The molecule has 0 aliphatic heterocycles. The fourth-order valence-electron chi connectivity index (χ4n) is 1.14. The molecule has 0 fully saturated rings. The molecule has 1 aromatic rings. The van der Waals surface area contributed by atoms with Gasteiger partial charge in [-0.3, -0.25) is 0 Å². The van der Waals surface area contributed by atoms with Crippen molar-refractivity contribution >= 4 is 11.7 Å². The summed E-state index contributed by atoms with van der Waals surface area (Å²) in [5.41, 5.74) is -1.06. The number of anilines is 1. The SMILES string of the molecule is N#Cc1cc(C(F)(F)F)ccc1N/C=C/C(=O)O. The highest BCUT2D eigenvalue weighted by molar-refractivity contribution is 5.80. The Bertz CT molecular complexity index is 530. The standard InChI is InChI=1S/C11H7F3N2O2/c12-11(13,14)8-1-2-9(7(5-8)6-15)16-4-3-10(17)18/h1-5,16H,(H,17,18)/b4-3+. The number of alkyl halides is 3. The third kappa shape index (κ3) is 3.52. The van der Waals surface area contributed by atoms with Gasteiger partial charge < -0.3 is 10.4 Å². The molecule has 0 saturated heterocycles. The van der Waals surface area contributed by atoms with E-state index in [1.807, 2.05) is 0 Å². The van der Waals surface area contributed by atoms with Crippen LogP contribution in [0.3, 0.4) is 0 Å². The molecule has 0 unspecified atom stereocenters. The lowest BCUT2D eigenvalue weighted by Gasteiger charge is -2.09. The molecule has 1 aromatic carbocycles. The van der Waals surface area contributed by atoms with Crippen molar-refractivity contribution in [3.63, 3.8) is 0 Å². The fraction of sp³-hybridized carbons (Fsp3) is 0.0909. The van der Waals surface area contributed by atoms with Crippen molar-refractivity contribution in [1.29, 1.82) is 5.26 Å². The molecule has 4 nitrogen and oxygen atoms in total. The van der Waals surface area contributed by atoms with Crippen LogP contribution >= 0.6 is 0 Å². The summed E-state index contributed by atoms with van der Waals surface area (Å²) in [6, 6.07) is 4.16. The highest BCUT2D eigenvalue weighted by atomic mass is 19.4. The van der Waals surface area contributed by atoms with Crippen LogP contribution < -0.4 is 5.32 Å². The highest BCUT2D eigenvalue weighted by Crippen LogP contribution is 2.31. The topological polar surface area (TPSA) is 73.1 Å². The molecule has 0 radical (unpaired) electrons. The van der Waals surface area contributed by atoms with Gasteiger partial charge in [-0.15, -0.1) is 0 Å². The van der Waals surface area contributed by atoms with Crippen LogP contribution in [0.2, 0.25) is 0 Å². The van der Waals surface area contributed by atoms with Gasteiger partial charge in [0.15, 0.2) is 0 Å². The van der Waals surface area contributed by atoms with Gasteiger partial charge >= 0.3 is 12.1 Å². The first-order valence-corrected chi connectivity index (χ1v) is 4.62. The van der Waals surface area contributed by atoms with E-state index in [2.05, 4.69) is 5.32 Å². The first-order chi connectivity index (χ1) is 8.34. The minimum atomic E-state index is -4.53. The van der Waals surface area contributed by atoms with Gasteiger partial charge in [-0.1, -0.05) is 0 Å². The van der Waals surface area contributed by atoms with Crippen LogP contribution in [0.1, 0.15) is 11.1 Å². The number of nitriles is 1. The number of hydrogen-bond acceptors (Lipinski definition) is 3. The molecule has 0 spiro atoms. The Balaban J connectivity index is 3.02. The Morgan fingerprint density at radius 1 is 1.44 bits per heavy atom. The van der Waals surface area contributed by atoms with E-state index in [4.69, 9.17) is 10.4 Å². The lowest BCUT2D eigenvalue weighted by atomic mass is 10.1. The Kier molecular flexibility index (Phi) is 3.94. The third-order valence-electron chi connectivity index (χ3n) is 1.93. The second kappa shape index (κ2) is 5.23. The van der Waals surface area contributed by atoms with Gasteiger partial charge in [0.2, 0.25) is 0 Å². The number of carbonyl (C=O) groups is 1. The van der Waals surface area contributed by atoms with Crippen LogP contribution in [0.4, 0.5) is 18.9 Å². The van der Waals surface area contributed by atoms with Gasteiger partial charge in [0.1, 0.15) is 6.07 Å². The number of rotatable bonds is 3. The number of nitrogens with zero attached hydrogens (tertiary/aromatic N) is 1. The normalized spacial score (nSPS) is 11.2. The molecule has 1 rings (SSSR count). The van der Waals surface area contributed by atoms with Gasteiger partial charge in [0.05, 0.1) is 16.8 Å². The second-order valence-electron chi connectivity index (χ2n) is 3.19. The zero-order chi connectivity index (χ0) is 13.8. The second-order valence-corrected chi connectivity index (χ2v) is 3.19. The number of carboxylic acids is 1. The molecule has 0 aromatic heterocycles. The first-order valence-electron chi connectivity index (χ1n) is 4.62. The lowest BCUT2D eigenvalue weighted by molar-refractivity contribution is -0.137. The molecule has 2 N–H and O–H groups in total. The van der Waals surface area contributed by atoms with Crippen molar-refractivity contribution in [2.75, 3.05) is 5.32 Å². The minimum absolute atomic E-state index is 0.100. The highest BCUT2D eigenvalue weighted by Gasteiger charge is 2.30. The van der Waals surface area contributed by atoms with Crippen LogP contribution in [0.15, 0.2) is 30.5 Å². The molecular formula is C11H7F3N2O2. The number of hydrogen-bond donors (Lipinski definition) is 2. The maximum atomic E-state index is 12.4. The van der Waals surface area contributed by atoms with Crippen LogP contribution in [0.5, 0.6) is 0 Å². The van der Waals surface area contributed by atoms with Crippen molar-refractivity contribution in [2.45, 2.75) is 6.18 Å². The number of nitrogens with one attached hydrogen (secondary N) is 1. The lowest BCUT2D eigenvalue weighted by Crippen LogP contribution is -2.06. The fourth-order valence-corrected chi connectivity index (χ4v) is 1.14. The average molecular weight is 256 g/mol. The monoisotopic (exact) mass is 256 g/mol. The summed E-state index contributed by atoms with van der Waals surface area (Å²) in [5.74, 6) is -1.21. The predicted octanol–water partition coefficient (Wildman–Crippen LogP) is 2.59. The van der Waals surface area contributed by atoms with Gasteiger partial charge in [-0.25, -0.2) is 4.79 Å². The molecule has 94 valence electrons. The number of halogens is 3. The van der Waals surface area contributed by atoms with E-state index >= 15 is 0 Å². The Morgan fingerprint density at radius 3 is 2.61 bits per heavy atom. The summed E-state index contributed by atoms with van der Waals surface area (Å²) in [6.07, 6.45) is -2.74. The van der Waals surface area contributed by atoms with E-state index in [-0.39, 0.29) is 11.3 Å². The zero-order valence-corrected chi connectivity index (χ0v) is 8.82. The summed E-state index contributed by atoms with van der Waals surface area (Å²) >= 11 is 0. The molecule has 0 aliphatic carbocycles. The van der Waals surface area contributed by atoms with Crippen molar-refractivity contribution in [1.82, 2.24) is 0 Å². The molecule has 0 aliphatic rings. The molecule has 0 amide bonds. The van der Waals surface area contributed by atoms with Gasteiger partial charge in [0, 0.05) is 12.3 Å². The van der Waals surface area contributed by atoms with Crippen molar-refractivity contribution in [3.05, 3.63) is 41.6 Å². The summed E-state index contributed by atoms with van der Waals surface area (Å²) in [7, 11) is 0. The van der Waals surface area contributed by atoms with Crippen LogP contribution in [0, 0.1) is 11.3 Å². The summed E-state index contributed by atoms with van der Waals surface area (Å²) in [6.45, 7) is 0. The summed E-state index contributed by atoms with van der Waals surface area (Å²) < 4.78 is 37.1. The largest absolute Gasteiger partial charge is 0.478 e. The first kappa shape index (κ1) is 13.6. The third-order valence-corrected chi connectivity index (χ3v) is 1.93. The maximum absolute atomic E-state index is 12.4. The average Bonchev–Trinajstić information content (AvgIpc) is 2.27. The maximum Gasteiger partial charge on any atom is 0.416 e. The Hall–Kier alpha value is -2.49. The molecule has 18 heavy (non-hydrogen) atoms. The molecule has 0 saturated carbocycles. The predicted molar refractivity (Wildman–Crippen MR) is 56.6 cm³/mol. The number of carboxylic acid groups (broad SMARTS) is 1. The van der Waals surface area contributed by atoms with Gasteiger partial charge in [-0.2, -0.15) is 18.4 Å². The van der Waals surface area contributed by atoms with Gasteiger partial charge in [-0.05, 0) is 18.2 Å². The summed E-state index contributed by atoms with van der Waals surface area (Å²) in [5, 5.41) is 19.5. The molecule has 0 bridgehead atoms. The zero-order valence-electron chi connectivity index (χ0n) is 8.82. The van der Waals surface area contributed by atoms with Crippen LogP contribution in [0.25, 0.3) is 0 Å². The van der Waals surface area contributed by atoms with E-state index in [0.717, 1.165) is 24.4 Å². The van der Waals surface area contributed by atoms with E-state index in [0.29, 0.717) is 6.07 Å². The number of benzene rings is 1. The van der Waals surface area contributed by atoms with Crippen molar-refractivity contribution in [3.8, 4) is 6.07 Å². The summed E-state index contributed by atoms with van der Waals surface area (Å²) in [4.78, 5) is 10.2. The van der Waals surface area contributed by atoms with E-state index < -0.39 is 17.7 Å². The smallest absolute Gasteiger partial charge is 0.416 e.